The summed E-state index contributed by atoms with van der Waals surface area (Å²) < 4.78 is 4.97. The minimum Gasteiger partial charge on any atom is -0.465 e. The molecule has 0 saturated carbocycles. The molecule has 0 atom stereocenters. The zero-order valence-corrected chi connectivity index (χ0v) is 11.7. The molecule has 0 rings (SSSR count). The van der Waals surface area contributed by atoms with E-state index in [1.54, 1.807) is 0 Å². The number of hydrogen-bond acceptors (Lipinski definition) is 3. The Morgan fingerprint density at radius 3 is 2.25 bits per heavy atom. The van der Waals surface area contributed by atoms with Gasteiger partial charge in [0.15, 0.2) is 0 Å². The van der Waals surface area contributed by atoms with Gasteiger partial charge in [0.05, 0.1) is 13.2 Å². The van der Waals surface area contributed by atoms with E-state index in [2.05, 4.69) is 39.5 Å². The molecule has 0 saturated heterocycles. The van der Waals surface area contributed by atoms with Gasteiger partial charge in [0, 0.05) is 6.04 Å². The van der Waals surface area contributed by atoms with Crippen LogP contribution >= 0.6 is 0 Å². The summed E-state index contributed by atoms with van der Waals surface area (Å²) in [7, 11) is 0. The third kappa shape index (κ3) is 7.69. The summed E-state index contributed by atoms with van der Waals surface area (Å²) in [4.78, 5) is 13.6. The van der Waals surface area contributed by atoms with Crippen LogP contribution < -0.4 is 0 Å². The minimum atomic E-state index is -0.120. The molecule has 0 aromatic heterocycles. The second kappa shape index (κ2) is 6.89. The van der Waals surface area contributed by atoms with Crippen molar-refractivity contribution in [3.05, 3.63) is 0 Å². The van der Waals surface area contributed by atoms with E-state index in [1.165, 1.54) is 0 Å². The second-order valence-electron chi connectivity index (χ2n) is 5.68. The fourth-order valence-corrected chi connectivity index (χ4v) is 1.37. The first-order valence-corrected chi connectivity index (χ1v) is 6.16. The number of nitrogens with zero attached hydrogens (tertiary/aromatic N) is 1. The molecule has 96 valence electrons. The average Bonchev–Trinajstić information content (AvgIpc) is 2.10. The van der Waals surface area contributed by atoms with Gasteiger partial charge in [-0.3, -0.25) is 9.69 Å². The van der Waals surface area contributed by atoms with Gasteiger partial charge >= 0.3 is 5.97 Å². The molecule has 0 unspecified atom stereocenters. The molecule has 0 radical (unpaired) electrons. The van der Waals surface area contributed by atoms with Gasteiger partial charge in [0.1, 0.15) is 0 Å². The van der Waals surface area contributed by atoms with Crippen LogP contribution in [0.5, 0.6) is 0 Å². The Kier molecular flexibility index (Phi) is 6.65. The largest absolute Gasteiger partial charge is 0.465 e. The fraction of sp³-hybridized carbons (Fsp3) is 0.923. The van der Waals surface area contributed by atoms with Crippen LogP contribution in [0.3, 0.4) is 0 Å². The number of ether oxygens (including phenoxy) is 1. The Morgan fingerprint density at radius 2 is 1.88 bits per heavy atom. The Labute approximate surface area is 100 Å². The van der Waals surface area contributed by atoms with E-state index in [0.717, 1.165) is 13.0 Å². The van der Waals surface area contributed by atoms with Crippen molar-refractivity contribution in [3.63, 3.8) is 0 Å². The summed E-state index contributed by atoms with van der Waals surface area (Å²) in [6, 6.07) is 0.381. The second-order valence-corrected chi connectivity index (χ2v) is 5.68. The lowest BCUT2D eigenvalue weighted by atomic mass is 9.92. The molecule has 0 heterocycles. The summed E-state index contributed by atoms with van der Waals surface area (Å²) >= 11 is 0. The molecule has 3 nitrogen and oxygen atoms in total. The number of carbonyl (C=O) groups is 1. The van der Waals surface area contributed by atoms with Gasteiger partial charge in [-0.1, -0.05) is 20.8 Å². The summed E-state index contributed by atoms with van der Waals surface area (Å²) in [6.07, 6.45) is 1.09. The zero-order valence-electron chi connectivity index (χ0n) is 11.7. The van der Waals surface area contributed by atoms with Crippen LogP contribution in [0.2, 0.25) is 0 Å². The molecular formula is C13H27NO2. The van der Waals surface area contributed by atoms with E-state index in [0.29, 0.717) is 24.6 Å². The molecule has 3 heteroatoms. The first kappa shape index (κ1) is 15.4. The van der Waals surface area contributed by atoms with Crippen molar-refractivity contribution >= 4 is 5.97 Å². The first-order valence-electron chi connectivity index (χ1n) is 6.16. The highest BCUT2D eigenvalue weighted by Gasteiger charge is 2.18. The Hall–Kier alpha value is -0.570. The molecular weight excluding hydrogens is 202 g/mol. The third-order valence-electron chi connectivity index (χ3n) is 2.52. The maximum atomic E-state index is 11.4. The lowest BCUT2D eigenvalue weighted by molar-refractivity contribution is -0.145. The highest BCUT2D eigenvalue weighted by molar-refractivity contribution is 5.71. The standard InChI is InChI=1S/C13H27NO2/c1-7-16-12(15)10-14(11(2)3)9-8-13(4,5)6/h11H,7-10H2,1-6H3. The normalized spacial score (nSPS) is 12.2. The van der Waals surface area contributed by atoms with E-state index < -0.39 is 0 Å². The highest BCUT2D eigenvalue weighted by atomic mass is 16.5. The summed E-state index contributed by atoms with van der Waals surface area (Å²) in [5, 5.41) is 0. The van der Waals surface area contributed by atoms with Gasteiger partial charge in [-0.15, -0.1) is 0 Å². The van der Waals surface area contributed by atoms with Crippen LogP contribution in [0.1, 0.15) is 48.0 Å². The molecule has 16 heavy (non-hydrogen) atoms. The van der Waals surface area contributed by atoms with Crippen molar-refractivity contribution < 1.29 is 9.53 Å². The summed E-state index contributed by atoms with van der Waals surface area (Å²) in [5.74, 6) is -0.120. The van der Waals surface area contributed by atoms with Crippen molar-refractivity contribution in [2.75, 3.05) is 19.7 Å². The van der Waals surface area contributed by atoms with Crippen LogP contribution in [-0.2, 0) is 9.53 Å². The fourth-order valence-electron chi connectivity index (χ4n) is 1.37. The summed E-state index contributed by atoms with van der Waals surface area (Å²) in [6.45, 7) is 14.5. The lowest BCUT2D eigenvalue weighted by Crippen LogP contribution is -2.38. The zero-order chi connectivity index (χ0) is 12.8. The predicted molar refractivity (Wildman–Crippen MR) is 67.4 cm³/mol. The molecule has 0 N–H and O–H groups in total. The van der Waals surface area contributed by atoms with Gasteiger partial charge in [-0.25, -0.2) is 0 Å². The maximum absolute atomic E-state index is 11.4. The topological polar surface area (TPSA) is 29.5 Å². The molecule has 0 fully saturated rings. The molecule has 0 aromatic rings. The molecule has 0 aliphatic heterocycles. The Balaban J connectivity index is 4.13. The van der Waals surface area contributed by atoms with Gasteiger partial charge in [0.25, 0.3) is 0 Å². The van der Waals surface area contributed by atoms with Crippen LogP contribution in [0.4, 0.5) is 0 Å². The third-order valence-corrected chi connectivity index (χ3v) is 2.52. The van der Waals surface area contributed by atoms with Crippen molar-refractivity contribution in [1.82, 2.24) is 4.90 Å². The highest BCUT2D eigenvalue weighted by Crippen LogP contribution is 2.19. The van der Waals surface area contributed by atoms with Crippen molar-refractivity contribution in [2.24, 2.45) is 5.41 Å². The van der Waals surface area contributed by atoms with Gasteiger partial charge in [-0.05, 0) is 39.2 Å². The SMILES string of the molecule is CCOC(=O)CN(CCC(C)(C)C)C(C)C. The molecule has 0 aliphatic carbocycles. The first-order chi connectivity index (χ1) is 7.26. The number of esters is 1. The van der Waals surface area contributed by atoms with Crippen LogP contribution in [0.15, 0.2) is 0 Å². The van der Waals surface area contributed by atoms with Crippen LogP contribution in [-0.4, -0.2) is 36.6 Å². The number of rotatable bonds is 6. The van der Waals surface area contributed by atoms with Crippen LogP contribution in [0.25, 0.3) is 0 Å². The molecule has 0 aliphatic rings. The lowest BCUT2D eigenvalue weighted by Gasteiger charge is -2.28. The van der Waals surface area contributed by atoms with Crippen molar-refractivity contribution in [2.45, 2.75) is 54.0 Å². The molecule has 0 amide bonds. The van der Waals surface area contributed by atoms with Gasteiger partial charge < -0.3 is 4.74 Å². The maximum Gasteiger partial charge on any atom is 0.320 e. The molecule has 0 spiro atoms. The van der Waals surface area contributed by atoms with E-state index in [-0.39, 0.29) is 5.97 Å². The number of hydrogen-bond donors (Lipinski definition) is 0. The van der Waals surface area contributed by atoms with Gasteiger partial charge in [-0.2, -0.15) is 0 Å². The van der Waals surface area contributed by atoms with Gasteiger partial charge in [0.2, 0.25) is 0 Å². The average molecular weight is 229 g/mol. The summed E-state index contributed by atoms with van der Waals surface area (Å²) in [5.41, 5.74) is 0.307. The quantitative estimate of drug-likeness (QED) is 0.656. The van der Waals surface area contributed by atoms with E-state index in [9.17, 15) is 4.79 Å². The molecule has 0 aromatic carbocycles. The van der Waals surface area contributed by atoms with Crippen molar-refractivity contribution in [1.29, 1.82) is 0 Å². The van der Waals surface area contributed by atoms with E-state index in [4.69, 9.17) is 4.74 Å². The van der Waals surface area contributed by atoms with Crippen LogP contribution in [0, 0.1) is 5.41 Å². The molecule has 0 bridgehead atoms. The number of carbonyl (C=O) groups excluding carboxylic acids is 1. The smallest absolute Gasteiger partial charge is 0.320 e. The van der Waals surface area contributed by atoms with Crippen molar-refractivity contribution in [3.8, 4) is 0 Å². The Morgan fingerprint density at radius 1 is 1.31 bits per heavy atom. The van der Waals surface area contributed by atoms with E-state index in [1.807, 2.05) is 6.92 Å². The monoisotopic (exact) mass is 229 g/mol. The van der Waals surface area contributed by atoms with E-state index >= 15 is 0 Å². The predicted octanol–water partition coefficient (Wildman–Crippen LogP) is 2.70. The minimum absolute atomic E-state index is 0.120. The Bertz CT molecular complexity index is 206.